The van der Waals surface area contributed by atoms with Gasteiger partial charge in [0.1, 0.15) is 5.69 Å². The summed E-state index contributed by atoms with van der Waals surface area (Å²) in [5.74, 6) is 0.583. The van der Waals surface area contributed by atoms with E-state index in [0.717, 1.165) is 0 Å². The predicted octanol–water partition coefficient (Wildman–Crippen LogP) is 1.84. The Morgan fingerprint density at radius 3 is 2.75 bits per heavy atom. The van der Waals surface area contributed by atoms with Crippen molar-refractivity contribution in [3.63, 3.8) is 0 Å². The second-order valence-electron chi connectivity index (χ2n) is 4.93. The number of halogens is 1. The summed E-state index contributed by atoms with van der Waals surface area (Å²) in [5, 5.41) is 7.25. The average molecular weight is 346 g/mol. The smallest absolute Gasteiger partial charge is 0.291 e. The monoisotopic (exact) mass is 345 g/mol. The number of anilines is 1. The fourth-order valence-electron chi connectivity index (χ4n) is 2.13. The first kappa shape index (κ1) is 15.5. The van der Waals surface area contributed by atoms with Crippen LogP contribution in [-0.4, -0.2) is 36.8 Å². The lowest BCUT2D eigenvalue weighted by molar-refractivity contribution is -0.0914. The largest absolute Gasteiger partial charge is 0.374 e. The average Bonchev–Trinajstić information content (AvgIpc) is 2.40. The van der Waals surface area contributed by atoms with E-state index in [-0.39, 0.29) is 5.56 Å². The van der Waals surface area contributed by atoms with Gasteiger partial charge in [0.25, 0.3) is 5.56 Å². The van der Waals surface area contributed by atoms with Crippen molar-refractivity contribution < 1.29 is 9.47 Å². The van der Waals surface area contributed by atoms with Crippen molar-refractivity contribution in [2.75, 3.05) is 26.1 Å². The molecule has 1 heterocycles. The van der Waals surface area contributed by atoms with Gasteiger partial charge >= 0.3 is 0 Å². The van der Waals surface area contributed by atoms with E-state index in [2.05, 4.69) is 26.3 Å². The zero-order valence-corrected chi connectivity index (χ0v) is 13.4. The van der Waals surface area contributed by atoms with Crippen LogP contribution in [0.15, 0.2) is 15.5 Å². The van der Waals surface area contributed by atoms with Gasteiger partial charge in [0.05, 0.1) is 17.2 Å². The van der Waals surface area contributed by atoms with E-state index in [4.69, 9.17) is 9.47 Å². The van der Waals surface area contributed by atoms with Crippen LogP contribution in [0.4, 0.5) is 5.69 Å². The zero-order chi connectivity index (χ0) is 14.5. The molecule has 0 spiro atoms. The highest BCUT2D eigenvalue weighted by Crippen LogP contribution is 2.27. The number of ether oxygens (including phenoxy) is 2. The molecule has 7 heteroatoms. The van der Waals surface area contributed by atoms with Crippen LogP contribution in [0.3, 0.4) is 0 Å². The molecule has 0 saturated heterocycles. The Morgan fingerprint density at radius 2 is 2.20 bits per heavy atom. The summed E-state index contributed by atoms with van der Waals surface area (Å²) >= 11 is 3.35. The fourth-order valence-corrected chi connectivity index (χ4v) is 2.53. The Labute approximate surface area is 126 Å². The molecule has 20 heavy (non-hydrogen) atoms. The highest BCUT2D eigenvalue weighted by molar-refractivity contribution is 9.10. The Bertz CT molecular complexity index is 498. The molecule has 0 amide bonds. The van der Waals surface area contributed by atoms with Crippen LogP contribution in [0.1, 0.15) is 19.3 Å². The first-order chi connectivity index (χ1) is 9.65. The molecule has 6 nitrogen and oxygen atoms in total. The van der Waals surface area contributed by atoms with E-state index < -0.39 is 6.29 Å². The molecule has 0 aliphatic heterocycles. The molecule has 1 aromatic heterocycles. The molecule has 0 aromatic carbocycles. The number of methoxy groups -OCH3 is 2. The fraction of sp³-hybridized carbons (Fsp3) is 0.692. The molecule has 1 aromatic rings. The van der Waals surface area contributed by atoms with Crippen molar-refractivity contribution in [3.8, 4) is 0 Å². The summed E-state index contributed by atoms with van der Waals surface area (Å²) in [6.07, 6.45) is 4.88. The lowest BCUT2D eigenvalue weighted by atomic mass is 9.85. The molecule has 1 aliphatic rings. The summed E-state index contributed by atoms with van der Waals surface area (Å²) < 4.78 is 12.4. The van der Waals surface area contributed by atoms with E-state index in [0.29, 0.717) is 29.2 Å². The minimum Gasteiger partial charge on any atom is -0.374 e. The molecule has 0 bridgehead atoms. The first-order valence-corrected chi connectivity index (χ1v) is 7.50. The summed E-state index contributed by atoms with van der Waals surface area (Å²) in [4.78, 5) is 12.4. The van der Waals surface area contributed by atoms with Gasteiger partial charge in [-0.25, -0.2) is 4.68 Å². The molecule has 0 unspecified atom stereocenters. The van der Waals surface area contributed by atoms with Gasteiger partial charge < -0.3 is 14.8 Å². The SMILES string of the molecule is COC(CNc1c(Br)cnn(CC2CCC2)c1=O)OC. The molecule has 0 atom stereocenters. The highest BCUT2D eigenvalue weighted by atomic mass is 79.9. The molecule has 1 N–H and O–H groups in total. The molecule has 112 valence electrons. The van der Waals surface area contributed by atoms with Crippen molar-refractivity contribution in [1.82, 2.24) is 9.78 Å². The van der Waals surface area contributed by atoms with Gasteiger partial charge in [-0.15, -0.1) is 0 Å². The van der Waals surface area contributed by atoms with Crippen LogP contribution in [0.5, 0.6) is 0 Å². The molecule has 1 saturated carbocycles. The van der Waals surface area contributed by atoms with Crippen LogP contribution >= 0.6 is 15.9 Å². The summed E-state index contributed by atoms with van der Waals surface area (Å²) in [6, 6.07) is 0. The standard InChI is InChI=1S/C13H20BrN3O3/c1-19-11(20-2)7-15-12-10(14)6-16-17(13(12)18)8-9-4-3-5-9/h6,9,11,15H,3-5,7-8H2,1-2H3. The van der Waals surface area contributed by atoms with Crippen LogP contribution in [0.2, 0.25) is 0 Å². The zero-order valence-electron chi connectivity index (χ0n) is 11.8. The van der Waals surface area contributed by atoms with Gasteiger partial charge in [-0.2, -0.15) is 5.10 Å². The molecule has 0 radical (unpaired) electrons. The van der Waals surface area contributed by atoms with E-state index in [1.54, 1.807) is 20.4 Å². The first-order valence-electron chi connectivity index (χ1n) is 6.70. The number of hydrogen-bond donors (Lipinski definition) is 1. The number of nitrogens with one attached hydrogen (secondary N) is 1. The van der Waals surface area contributed by atoms with Gasteiger partial charge in [0, 0.05) is 20.8 Å². The second kappa shape index (κ2) is 7.19. The molecule has 1 fully saturated rings. The van der Waals surface area contributed by atoms with Crippen molar-refractivity contribution in [1.29, 1.82) is 0 Å². The lowest BCUT2D eigenvalue weighted by Crippen LogP contribution is -2.33. The Kier molecular flexibility index (Phi) is 5.56. The second-order valence-corrected chi connectivity index (χ2v) is 5.79. The van der Waals surface area contributed by atoms with Crippen LogP contribution in [0.25, 0.3) is 0 Å². The third-order valence-corrected chi connectivity index (χ3v) is 4.23. The van der Waals surface area contributed by atoms with E-state index in [1.807, 2.05) is 0 Å². The van der Waals surface area contributed by atoms with Crippen LogP contribution in [0, 0.1) is 5.92 Å². The van der Waals surface area contributed by atoms with Crippen molar-refractivity contribution in [3.05, 3.63) is 21.0 Å². The third kappa shape index (κ3) is 3.59. The quantitative estimate of drug-likeness (QED) is 0.763. The summed E-state index contributed by atoms with van der Waals surface area (Å²) in [7, 11) is 3.12. The third-order valence-electron chi connectivity index (χ3n) is 3.62. The van der Waals surface area contributed by atoms with Crippen molar-refractivity contribution in [2.45, 2.75) is 32.1 Å². The molecular weight excluding hydrogens is 326 g/mol. The highest BCUT2D eigenvalue weighted by Gasteiger charge is 2.20. The van der Waals surface area contributed by atoms with Gasteiger partial charge in [0.2, 0.25) is 0 Å². The Hall–Kier alpha value is -0.920. The van der Waals surface area contributed by atoms with Crippen LogP contribution in [-0.2, 0) is 16.0 Å². The molecule has 1 aliphatic carbocycles. The van der Waals surface area contributed by atoms with Crippen molar-refractivity contribution >= 4 is 21.6 Å². The Morgan fingerprint density at radius 1 is 1.50 bits per heavy atom. The van der Waals surface area contributed by atoms with E-state index >= 15 is 0 Å². The van der Waals surface area contributed by atoms with Crippen molar-refractivity contribution in [2.24, 2.45) is 5.92 Å². The van der Waals surface area contributed by atoms with Gasteiger partial charge in [0.15, 0.2) is 6.29 Å². The number of nitrogens with zero attached hydrogens (tertiary/aromatic N) is 2. The summed E-state index contributed by atoms with van der Waals surface area (Å²) in [6.45, 7) is 1.09. The maximum atomic E-state index is 12.4. The van der Waals surface area contributed by atoms with E-state index in [1.165, 1.54) is 23.9 Å². The van der Waals surface area contributed by atoms with Gasteiger partial charge in [-0.1, -0.05) is 6.42 Å². The maximum absolute atomic E-state index is 12.4. The maximum Gasteiger partial charge on any atom is 0.291 e. The van der Waals surface area contributed by atoms with Crippen LogP contribution < -0.4 is 10.9 Å². The van der Waals surface area contributed by atoms with Gasteiger partial charge in [-0.3, -0.25) is 4.79 Å². The minimum absolute atomic E-state index is 0.114. The normalized spacial score (nSPS) is 15.4. The predicted molar refractivity (Wildman–Crippen MR) is 79.8 cm³/mol. The van der Waals surface area contributed by atoms with Gasteiger partial charge in [-0.05, 0) is 34.7 Å². The minimum atomic E-state index is -0.394. The molecule has 2 rings (SSSR count). The Balaban J connectivity index is 2.10. The number of hydrogen-bond acceptors (Lipinski definition) is 5. The topological polar surface area (TPSA) is 65.4 Å². The summed E-state index contributed by atoms with van der Waals surface area (Å²) in [5.41, 5.74) is 0.385. The van der Waals surface area contributed by atoms with E-state index in [9.17, 15) is 4.79 Å². The molecular formula is C13H20BrN3O3. The number of aromatic nitrogens is 2. The number of rotatable bonds is 7. The lowest BCUT2D eigenvalue weighted by Gasteiger charge is -2.25.